The van der Waals surface area contributed by atoms with Crippen molar-refractivity contribution in [2.75, 3.05) is 6.61 Å². The molecular formula is C20H20F2O8STe. The Labute approximate surface area is 193 Å². The van der Waals surface area contributed by atoms with Crippen LogP contribution in [0.15, 0.2) is 48.5 Å². The summed E-state index contributed by atoms with van der Waals surface area (Å²) in [6.07, 6.45) is 0. The zero-order valence-electron chi connectivity index (χ0n) is 17.2. The molecule has 0 saturated carbocycles. The first kappa shape index (κ1) is 26.0. The number of carbonyl (C=O) groups excluding carboxylic acids is 2. The second-order valence-electron chi connectivity index (χ2n) is 7.30. The minimum atomic E-state index is -5.93. The van der Waals surface area contributed by atoms with Crippen LogP contribution in [0.5, 0.6) is 11.5 Å². The SMILES string of the molecule is CC(C)(C)OC(=O)COc1ccc([Te]c2ccc(OC(=O)C(F)(F)S(=O)(=O)O)cc2)cc1. The Morgan fingerprint density at radius 1 is 0.938 bits per heavy atom. The normalized spacial score (nSPS) is 12.2. The molecule has 1 N–H and O–H groups in total. The number of carbonyl (C=O) groups is 2. The predicted molar refractivity (Wildman–Crippen MR) is 111 cm³/mol. The second-order valence-corrected chi connectivity index (χ2v) is 12.0. The fourth-order valence-corrected chi connectivity index (χ4v) is 4.68. The molecule has 0 saturated heterocycles. The summed E-state index contributed by atoms with van der Waals surface area (Å²) in [6, 6.07) is 12.7. The van der Waals surface area contributed by atoms with Crippen LogP contribution in [0.25, 0.3) is 0 Å². The van der Waals surface area contributed by atoms with Crippen LogP contribution in [0, 0.1) is 0 Å². The molecule has 2 rings (SSSR count). The van der Waals surface area contributed by atoms with Gasteiger partial charge in [-0.1, -0.05) is 0 Å². The Hall–Kier alpha value is -2.26. The molecule has 32 heavy (non-hydrogen) atoms. The van der Waals surface area contributed by atoms with Crippen LogP contribution in [-0.2, 0) is 24.4 Å². The van der Waals surface area contributed by atoms with Gasteiger partial charge in [0.1, 0.15) is 0 Å². The average Bonchev–Trinajstić information content (AvgIpc) is 2.66. The van der Waals surface area contributed by atoms with E-state index in [0.29, 0.717) is 5.75 Å². The maximum absolute atomic E-state index is 13.2. The molecule has 0 atom stereocenters. The number of benzene rings is 2. The molecule has 12 heteroatoms. The van der Waals surface area contributed by atoms with Crippen molar-refractivity contribution in [3.05, 3.63) is 48.5 Å². The molecule has 2 aromatic rings. The number of alkyl halides is 2. The van der Waals surface area contributed by atoms with Crippen LogP contribution in [0.1, 0.15) is 20.8 Å². The van der Waals surface area contributed by atoms with Crippen LogP contribution in [0.4, 0.5) is 8.78 Å². The van der Waals surface area contributed by atoms with E-state index in [2.05, 4.69) is 4.74 Å². The number of ether oxygens (including phenoxy) is 3. The molecule has 0 aliphatic heterocycles. The van der Waals surface area contributed by atoms with Gasteiger partial charge in [-0.25, -0.2) is 0 Å². The molecule has 0 aromatic heterocycles. The molecule has 0 bridgehead atoms. The van der Waals surface area contributed by atoms with Gasteiger partial charge in [0, 0.05) is 0 Å². The topological polar surface area (TPSA) is 116 Å². The molecule has 174 valence electrons. The molecule has 0 radical (unpaired) electrons. The van der Waals surface area contributed by atoms with Crippen LogP contribution in [-0.4, -0.2) is 63.3 Å². The molecule has 2 aromatic carbocycles. The van der Waals surface area contributed by atoms with E-state index in [-0.39, 0.29) is 12.4 Å². The average molecular weight is 586 g/mol. The van der Waals surface area contributed by atoms with Crippen molar-refractivity contribution in [1.29, 1.82) is 0 Å². The van der Waals surface area contributed by atoms with Crippen molar-refractivity contribution >= 4 is 50.2 Å². The molecule has 0 aliphatic rings. The van der Waals surface area contributed by atoms with Crippen LogP contribution >= 0.6 is 0 Å². The van der Waals surface area contributed by atoms with Crippen molar-refractivity contribution in [3.63, 3.8) is 0 Å². The molecule has 0 aliphatic carbocycles. The molecular weight excluding hydrogens is 566 g/mol. The van der Waals surface area contributed by atoms with E-state index >= 15 is 0 Å². The van der Waals surface area contributed by atoms with Gasteiger partial charge in [-0.2, -0.15) is 0 Å². The van der Waals surface area contributed by atoms with Gasteiger partial charge in [0.15, 0.2) is 0 Å². The van der Waals surface area contributed by atoms with E-state index < -0.39 is 53.8 Å². The van der Waals surface area contributed by atoms with Crippen molar-refractivity contribution < 1.29 is 45.6 Å². The fraction of sp³-hybridized carbons (Fsp3) is 0.300. The summed E-state index contributed by atoms with van der Waals surface area (Å²) >= 11 is -0.877. The maximum atomic E-state index is 13.2. The Morgan fingerprint density at radius 2 is 1.41 bits per heavy atom. The summed E-state index contributed by atoms with van der Waals surface area (Å²) < 4.78 is 72.8. The summed E-state index contributed by atoms with van der Waals surface area (Å²) in [5.41, 5.74) is -0.596. The van der Waals surface area contributed by atoms with Crippen LogP contribution in [0.2, 0.25) is 0 Å². The van der Waals surface area contributed by atoms with Gasteiger partial charge in [0.2, 0.25) is 0 Å². The number of hydrogen-bond acceptors (Lipinski definition) is 7. The summed E-state index contributed by atoms with van der Waals surface area (Å²) in [4.78, 5) is 23.0. The van der Waals surface area contributed by atoms with Gasteiger partial charge < -0.3 is 0 Å². The van der Waals surface area contributed by atoms with Gasteiger partial charge in [-0.15, -0.1) is 0 Å². The van der Waals surface area contributed by atoms with Crippen molar-refractivity contribution in [2.24, 2.45) is 0 Å². The van der Waals surface area contributed by atoms with Gasteiger partial charge >= 0.3 is 194 Å². The van der Waals surface area contributed by atoms with Crippen molar-refractivity contribution in [1.82, 2.24) is 0 Å². The van der Waals surface area contributed by atoms with Gasteiger partial charge in [-0.3, -0.25) is 0 Å². The fourth-order valence-electron chi connectivity index (χ4n) is 2.10. The third-order valence-electron chi connectivity index (χ3n) is 3.43. The monoisotopic (exact) mass is 588 g/mol. The van der Waals surface area contributed by atoms with Crippen LogP contribution < -0.4 is 16.7 Å². The van der Waals surface area contributed by atoms with E-state index in [0.717, 1.165) is 7.22 Å². The molecule has 0 amide bonds. The summed E-state index contributed by atoms with van der Waals surface area (Å²) in [6.45, 7) is 5.06. The first-order valence-electron chi connectivity index (χ1n) is 8.97. The third-order valence-corrected chi connectivity index (χ3v) is 7.15. The second kappa shape index (κ2) is 10.1. The van der Waals surface area contributed by atoms with E-state index in [1.807, 2.05) is 12.1 Å². The summed E-state index contributed by atoms with van der Waals surface area (Å²) in [7, 11) is -5.93. The minimum absolute atomic E-state index is 0.218. The van der Waals surface area contributed by atoms with Gasteiger partial charge in [0.25, 0.3) is 0 Å². The molecule has 0 fully saturated rings. The van der Waals surface area contributed by atoms with Crippen molar-refractivity contribution in [2.45, 2.75) is 31.6 Å². The van der Waals surface area contributed by atoms with Gasteiger partial charge in [0.05, 0.1) is 0 Å². The van der Waals surface area contributed by atoms with Gasteiger partial charge in [-0.05, 0) is 0 Å². The van der Waals surface area contributed by atoms with E-state index in [1.54, 1.807) is 45.0 Å². The zero-order chi connectivity index (χ0) is 24.2. The number of esters is 2. The predicted octanol–water partition coefficient (Wildman–Crippen LogP) is 1.45. The summed E-state index contributed by atoms with van der Waals surface area (Å²) in [5, 5.41) is -5.06. The number of rotatable bonds is 8. The van der Waals surface area contributed by atoms with E-state index in [9.17, 15) is 26.8 Å². The molecule has 8 nitrogen and oxygen atoms in total. The summed E-state index contributed by atoms with van der Waals surface area (Å²) in [5.74, 6) is -2.67. The van der Waals surface area contributed by atoms with Crippen LogP contribution in [0.3, 0.4) is 0 Å². The number of hydrogen-bond donors (Lipinski definition) is 1. The Balaban J connectivity index is 1.92. The quantitative estimate of drug-likeness (QED) is 0.214. The van der Waals surface area contributed by atoms with E-state index in [4.69, 9.17) is 14.0 Å². The zero-order valence-corrected chi connectivity index (χ0v) is 20.4. The Morgan fingerprint density at radius 3 is 1.84 bits per heavy atom. The molecule has 0 unspecified atom stereocenters. The molecule has 0 spiro atoms. The standard InChI is InChI=1S/C20H20F2O8STe/c1-19(2,3)30-17(23)12-28-13-4-8-15(9-5-13)32-16-10-6-14(7-11-16)29-18(24)20(21,22)31(25,26)27/h4-11H,12H2,1-3H3,(H,25,26,27). The Bertz CT molecular complexity index is 1060. The first-order valence-corrected chi connectivity index (χ1v) is 12.7. The van der Waals surface area contributed by atoms with E-state index in [1.165, 1.54) is 12.1 Å². The van der Waals surface area contributed by atoms with Crippen molar-refractivity contribution in [3.8, 4) is 11.5 Å². The first-order chi connectivity index (χ1) is 14.7. The Kier molecular flexibility index (Phi) is 8.22. The number of halogens is 2. The third kappa shape index (κ3) is 7.70. The molecule has 0 heterocycles.